The molecule has 1 N–H and O–H groups in total. The van der Waals surface area contributed by atoms with Gasteiger partial charge in [0.15, 0.2) is 5.78 Å². The highest BCUT2D eigenvalue weighted by Gasteiger charge is 2.21. The summed E-state index contributed by atoms with van der Waals surface area (Å²) < 4.78 is 0. The number of carbonyl (C=O) groups excluding carboxylic acids is 1. The highest BCUT2D eigenvalue weighted by Crippen LogP contribution is 2.30. The van der Waals surface area contributed by atoms with E-state index >= 15 is 0 Å². The van der Waals surface area contributed by atoms with Crippen LogP contribution in [0.15, 0.2) is 24.4 Å². The first-order valence-electron chi connectivity index (χ1n) is 6.83. The van der Waals surface area contributed by atoms with Crippen LogP contribution in [0.5, 0.6) is 0 Å². The SMILES string of the molecule is N#Cc1cccc2[nH]cc(C(=O)CC3CCCC3)c12. The number of aromatic nitrogens is 1. The Morgan fingerprint density at radius 3 is 2.89 bits per heavy atom. The van der Waals surface area contributed by atoms with Crippen LogP contribution in [-0.2, 0) is 0 Å². The van der Waals surface area contributed by atoms with Crippen molar-refractivity contribution >= 4 is 16.7 Å². The molecule has 3 rings (SSSR count). The van der Waals surface area contributed by atoms with Crippen molar-refractivity contribution in [2.75, 3.05) is 0 Å². The Bertz CT molecular complexity index is 657. The fraction of sp³-hybridized carbons (Fsp3) is 0.375. The fourth-order valence-electron chi connectivity index (χ4n) is 3.08. The van der Waals surface area contributed by atoms with Crippen molar-refractivity contribution in [3.8, 4) is 6.07 Å². The second-order valence-electron chi connectivity index (χ2n) is 5.32. The first-order chi connectivity index (χ1) is 9.29. The Hall–Kier alpha value is -2.08. The van der Waals surface area contributed by atoms with Crippen LogP contribution in [0.4, 0.5) is 0 Å². The molecule has 1 aliphatic carbocycles. The molecular weight excluding hydrogens is 236 g/mol. The summed E-state index contributed by atoms with van der Waals surface area (Å²) in [7, 11) is 0. The van der Waals surface area contributed by atoms with E-state index in [9.17, 15) is 4.79 Å². The molecule has 0 unspecified atom stereocenters. The number of hydrogen-bond acceptors (Lipinski definition) is 2. The smallest absolute Gasteiger partial charge is 0.165 e. The Morgan fingerprint density at radius 1 is 1.37 bits per heavy atom. The molecule has 1 fully saturated rings. The third kappa shape index (κ3) is 2.15. The third-order valence-corrected chi connectivity index (χ3v) is 4.08. The van der Waals surface area contributed by atoms with Gasteiger partial charge < -0.3 is 4.98 Å². The van der Waals surface area contributed by atoms with Gasteiger partial charge in [-0.3, -0.25) is 4.79 Å². The summed E-state index contributed by atoms with van der Waals surface area (Å²) in [5.74, 6) is 0.701. The van der Waals surface area contributed by atoms with Crippen LogP contribution < -0.4 is 0 Å². The molecule has 0 radical (unpaired) electrons. The summed E-state index contributed by atoms with van der Waals surface area (Å²) in [5, 5.41) is 9.95. The average molecular weight is 252 g/mol. The van der Waals surface area contributed by atoms with Crippen molar-refractivity contribution in [1.29, 1.82) is 5.26 Å². The van der Waals surface area contributed by atoms with Crippen molar-refractivity contribution in [2.24, 2.45) is 5.92 Å². The number of nitrogens with zero attached hydrogens (tertiary/aromatic N) is 1. The van der Waals surface area contributed by atoms with E-state index < -0.39 is 0 Å². The lowest BCUT2D eigenvalue weighted by Crippen LogP contribution is -2.05. The van der Waals surface area contributed by atoms with E-state index in [1.54, 1.807) is 12.3 Å². The van der Waals surface area contributed by atoms with Crippen LogP contribution in [0.25, 0.3) is 10.9 Å². The fourth-order valence-corrected chi connectivity index (χ4v) is 3.08. The van der Waals surface area contributed by atoms with Crippen molar-refractivity contribution in [3.05, 3.63) is 35.5 Å². The van der Waals surface area contributed by atoms with Crippen LogP contribution >= 0.6 is 0 Å². The highest BCUT2D eigenvalue weighted by molar-refractivity contribution is 6.09. The third-order valence-electron chi connectivity index (χ3n) is 4.08. The van der Waals surface area contributed by atoms with Gasteiger partial charge in [0.25, 0.3) is 0 Å². The molecule has 1 heterocycles. The normalized spacial score (nSPS) is 15.7. The number of nitrogens with one attached hydrogen (secondary N) is 1. The van der Waals surface area contributed by atoms with E-state index in [1.807, 2.05) is 12.1 Å². The largest absolute Gasteiger partial charge is 0.360 e. The first-order valence-corrected chi connectivity index (χ1v) is 6.83. The van der Waals surface area contributed by atoms with Crippen LogP contribution in [0, 0.1) is 17.2 Å². The molecule has 0 amide bonds. The molecule has 2 aromatic rings. The topological polar surface area (TPSA) is 56.6 Å². The summed E-state index contributed by atoms with van der Waals surface area (Å²) in [4.78, 5) is 15.5. The predicted molar refractivity (Wildman–Crippen MR) is 73.9 cm³/mol. The molecule has 0 atom stereocenters. The molecule has 3 nitrogen and oxygen atoms in total. The quantitative estimate of drug-likeness (QED) is 0.844. The maximum absolute atomic E-state index is 12.4. The van der Waals surface area contributed by atoms with Crippen molar-refractivity contribution < 1.29 is 4.79 Å². The summed E-state index contributed by atoms with van der Waals surface area (Å²) in [6.07, 6.45) is 7.19. The molecule has 1 aromatic carbocycles. The Morgan fingerprint density at radius 2 is 2.16 bits per heavy atom. The van der Waals surface area contributed by atoms with Crippen molar-refractivity contribution in [2.45, 2.75) is 32.1 Å². The Balaban J connectivity index is 1.96. The molecule has 0 spiro atoms. The van der Waals surface area contributed by atoms with Gasteiger partial charge in [0.1, 0.15) is 0 Å². The molecule has 96 valence electrons. The van der Waals surface area contributed by atoms with Crippen LogP contribution in [-0.4, -0.2) is 10.8 Å². The summed E-state index contributed by atoms with van der Waals surface area (Å²) in [6.45, 7) is 0. The van der Waals surface area contributed by atoms with Gasteiger partial charge in [0, 0.05) is 29.1 Å². The van der Waals surface area contributed by atoms with Crippen LogP contribution in [0.1, 0.15) is 48.0 Å². The van der Waals surface area contributed by atoms with Gasteiger partial charge in [-0.05, 0) is 18.1 Å². The van der Waals surface area contributed by atoms with Crippen molar-refractivity contribution in [1.82, 2.24) is 4.98 Å². The number of aromatic amines is 1. The molecule has 19 heavy (non-hydrogen) atoms. The standard InChI is InChI=1S/C16H16N2O/c17-9-12-6-3-7-14-16(12)13(10-18-14)15(19)8-11-4-1-2-5-11/h3,6-7,10-11,18H,1-2,4-5,8H2. The number of H-pyrrole nitrogens is 1. The summed E-state index contributed by atoms with van der Waals surface area (Å²) in [6, 6.07) is 7.68. The average Bonchev–Trinajstić information content (AvgIpc) is 3.06. The van der Waals surface area contributed by atoms with Gasteiger partial charge in [-0.1, -0.05) is 31.7 Å². The molecule has 1 aliphatic rings. The number of fused-ring (bicyclic) bond motifs is 1. The second kappa shape index (κ2) is 4.89. The van der Waals surface area contributed by atoms with Gasteiger partial charge in [0.05, 0.1) is 11.6 Å². The maximum Gasteiger partial charge on any atom is 0.165 e. The van der Waals surface area contributed by atoms with Gasteiger partial charge in [-0.15, -0.1) is 0 Å². The molecule has 0 aliphatic heterocycles. The highest BCUT2D eigenvalue weighted by atomic mass is 16.1. The predicted octanol–water partition coefficient (Wildman–Crippen LogP) is 3.80. The van der Waals surface area contributed by atoms with Gasteiger partial charge >= 0.3 is 0 Å². The number of Topliss-reactive ketones (excluding diaryl/α,β-unsaturated/α-hetero) is 1. The number of ketones is 1. The lowest BCUT2D eigenvalue weighted by molar-refractivity contribution is 0.0964. The van der Waals surface area contributed by atoms with Gasteiger partial charge in [-0.2, -0.15) is 5.26 Å². The van der Waals surface area contributed by atoms with Crippen LogP contribution in [0.2, 0.25) is 0 Å². The molecule has 0 saturated heterocycles. The van der Waals surface area contributed by atoms with E-state index in [0.717, 1.165) is 10.9 Å². The molecule has 1 saturated carbocycles. The minimum Gasteiger partial charge on any atom is -0.360 e. The lowest BCUT2D eigenvalue weighted by Gasteiger charge is -2.07. The lowest BCUT2D eigenvalue weighted by atomic mass is 9.95. The monoisotopic (exact) mass is 252 g/mol. The molecule has 0 bridgehead atoms. The minimum absolute atomic E-state index is 0.167. The molecule has 3 heteroatoms. The number of hydrogen-bond donors (Lipinski definition) is 1. The van der Waals surface area contributed by atoms with E-state index in [1.165, 1.54) is 25.7 Å². The number of carbonyl (C=O) groups is 1. The maximum atomic E-state index is 12.4. The molecular formula is C16H16N2O. The van der Waals surface area contributed by atoms with Crippen molar-refractivity contribution in [3.63, 3.8) is 0 Å². The van der Waals surface area contributed by atoms with Crippen LogP contribution in [0.3, 0.4) is 0 Å². The minimum atomic E-state index is 0.167. The van der Waals surface area contributed by atoms with Gasteiger partial charge in [-0.25, -0.2) is 0 Å². The zero-order valence-corrected chi connectivity index (χ0v) is 10.8. The summed E-state index contributed by atoms with van der Waals surface area (Å²) in [5.41, 5.74) is 2.13. The number of rotatable bonds is 3. The van der Waals surface area contributed by atoms with E-state index in [2.05, 4.69) is 11.1 Å². The van der Waals surface area contributed by atoms with Gasteiger partial charge in [0.2, 0.25) is 0 Å². The number of benzene rings is 1. The zero-order chi connectivity index (χ0) is 13.2. The van der Waals surface area contributed by atoms with E-state index in [4.69, 9.17) is 5.26 Å². The molecule has 1 aromatic heterocycles. The second-order valence-corrected chi connectivity index (χ2v) is 5.32. The Labute approximate surface area is 112 Å². The number of nitriles is 1. The van der Waals surface area contributed by atoms with E-state index in [0.29, 0.717) is 23.5 Å². The zero-order valence-electron chi connectivity index (χ0n) is 10.8. The first kappa shape index (κ1) is 12.0. The summed E-state index contributed by atoms with van der Waals surface area (Å²) >= 11 is 0. The van der Waals surface area contributed by atoms with E-state index in [-0.39, 0.29) is 5.78 Å². The Kier molecular flexibility index (Phi) is 3.08.